The van der Waals surface area contributed by atoms with Crippen LogP contribution < -0.4 is 21.1 Å². The standard InChI is InChI=1S/C15H21N3O3/c16-14(19)8-10-21-13-7-2-1-5-11(13)18-15(20)12-6-3-4-9-17-12/h1-2,5,7,12,17H,3-4,6,8-10H2,(H2,16,19)(H,18,20)/t12-/m0/s1. The van der Waals surface area contributed by atoms with E-state index in [1.54, 1.807) is 12.1 Å². The van der Waals surface area contributed by atoms with Gasteiger partial charge in [0.15, 0.2) is 0 Å². The third kappa shape index (κ3) is 4.75. The molecule has 2 amide bonds. The van der Waals surface area contributed by atoms with Crippen LogP contribution >= 0.6 is 0 Å². The van der Waals surface area contributed by atoms with Gasteiger partial charge in [0, 0.05) is 0 Å². The van der Waals surface area contributed by atoms with Gasteiger partial charge in [-0.2, -0.15) is 0 Å². The van der Waals surface area contributed by atoms with Gasteiger partial charge in [0.25, 0.3) is 0 Å². The van der Waals surface area contributed by atoms with Gasteiger partial charge in [-0.3, -0.25) is 9.59 Å². The molecule has 0 spiro atoms. The van der Waals surface area contributed by atoms with Gasteiger partial charge in [0.05, 0.1) is 24.8 Å². The Bertz CT molecular complexity index is 499. The van der Waals surface area contributed by atoms with E-state index in [1.807, 2.05) is 12.1 Å². The number of hydrogen-bond donors (Lipinski definition) is 3. The fraction of sp³-hybridized carbons (Fsp3) is 0.467. The molecule has 1 aromatic carbocycles. The normalized spacial score (nSPS) is 18.0. The summed E-state index contributed by atoms with van der Waals surface area (Å²) >= 11 is 0. The molecule has 1 fully saturated rings. The number of carbonyl (C=O) groups excluding carboxylic acids is 2. The molecule has 0 radical (unpaired) electrons. The maximum absolute atomic E-state index is 12.2. The van der Waals surface area contributed by atoms with Crippen molar-refractivity contribution in [2.45, 2.75) is 31.7 Å². The van der Waals surface area contributed by atoms with E-state index < -0.39 is 5.91 Å². The minimum atomic E-state index is -0.414. The van der Waals surface area contributed by atoms with E-state index in [1.165, 1.54) is 0 Å². The van der Waals surface area contributed by atoms with Crippen LogP contribution in [0.3, 0.4) is 0 Å². The van der Waals surface area contributed by atoms with Crippen molar-refractivity contribution < 1.29 is 14.3 Å². The first-order valence-corrected chi connectivity index (χ1v) is 7.21. The first-order valence-electron chi connectivity index (χ1n) is 7.21. The number of nitrogens with two attached hydrogens (primary N) is 1. The number of primary amides is 1. The lowest BCUT2D eigenvalue weighted by molar-refractivity contribution is -0.119. The molecule has 114 valence electrons. The van der Waals surface area contributed by atoms with E-state index in [2.05, 4.69) is 10.6 Å². The number of ether oxygens (including phenoxy) is 1. The highest BCUT2D eigenvalue weighted by molar-refractivity contribution is 5.96. The van der Waals surface area contributed by atoms with Crippen LogP contribution in [0.25, 0.3) is 0 Å². The Balaban J connectivity index is 1.95. The lowest BCUT2D eigenvalue weighted by atomic mass is 10.0. The predicted octanol–water partition coefficient (Wildman–Crippen LogP) is 1.02. The lowest BCUT2D eigenvalue weighted by Crippen LogP contribution is -2.43. The molecule has 1 aliphatic heterocycles. The maximum Gasteiger partial charge on any atom is 0.241 e. The molecule has 2 rings (SSSR count). The average Bonchev–Trinajstić information content (AvgIpc) is 2.49. The summed E-state index contributed by atoms with van der Waals surface area (Å²) in [7, 11) is 0. The van der Waals surface area contributed by atoms with Crippen LogP contribution in [-0.4, -0.2) is 31.0 Å². The molecule has 6 nitrogen and oxygen atoms in total. The molecule has 6 heteroatoms. The first kappa shape index (κ1) is 15.3. The van der Waals surface area contributed by atoms with E-state index in [4.69, 9.17) is 10.5 Å². The third-order valence-corrected chi connectivity index (χ3v) is 3.38. The summed E-state index contributed by atoms with van der Waals surface area (Å²) in [5.41, 5.74) is 5.69. The summed E-state index contributed by atoms with van der Waals surface area (Å²) < 4.78 is 5.50. The second-order valence-electron chi connectivity index (χ2n) is 5.05. The van der Waals surface area contributed by atoms with Gasteiger partial charge in [0.1, 0.15) is 5.75 Å². The Morgan fingerprint density at radius 2 is 2.14 bits per heavy atom. The van der Waals surface area contributed by atoms with Crippen molar-refractivity contribution in [3.05, 3.63) is 24.3 Å². The smallest absolute Gasteiger partial charge is 0.241 e. The fourth-order valence-corrected chi connectivity index (χ4v) is 2.25. The van der Waals surface area contributed by atoms with Crippen molar-refractivity contribution in [3.63, 3.8) is 0 Å². The number of carbonyl (C=O) groups is 2. The van der Waals surface area contributed by atoms with Gasteiger partial charge in [-0.1, -0.05) is 18.6 Å². The number of para-hydroxylation sites is 2. The molecular weight excluding hydrogens is 270 g/mol. The van der Waals surface area contributed by atoms with Crippen LogP contribution in [0.1, 0.15) is 25.7 Å². The van der Waals surface area contributed by atoms with E-state index >= 15 is 0 Å². The summed E-state index contributed by atoms with van der Waals surface area (Å²) in [4.78, 5) is 22.9. The summed E-state index contributed by atoms with van der Waals surface area (Å²) in [5, 5.41) is 6.08. The van der Waals surface area contributed by atoms with Crippen LogP contribution in [0, 0.1) is 0 Å². The van der Waals surface area contributed by atoms with Crippen molar-refractivity contribution in [3.8, 4) is 5.75 Å². The number of piperidine rings is 1. The minimum absolute atomic E-state index is 0.0550. The topological polar surface area (TPSA) is 93.5 Å². The van der Waals surface area contributed by atoms with Crippen molar-refractivity contribution in [1.82, 2.24) is 5.32 Å². The van der Waals surface area contributed by atoms with Gasteiger partial charge < -0.3 is 21.1 Å². The van der Waals surface area contributed by atoms with E-state index in [0.717, 1.165) is 25.8 Å². The molecule has 1 aromatic rings. The fourth-order valence-electron chi connectivity index (χ4n) is 2.25. The highest BCUT2D eigenvalue weighted by Crippen LogP contribution is 2.24. The zero-order valence-electron chi connectivity index (χ0n) is 11.9. The molecule has 0 aliphatic carbocycles. The average molecular weight is 291 g/mol. The molecule has 0 aromatic heterocycles. The van der Waals surface area contributed by atoms with Crippen molar-refractivity contribution in [1.29, 1.82) is 0 Å². The largest absolute Gasteiger partial charge is 0.491 e. The molecule has 1 aliphatic rings. The van der Waals surface area contributed by atoms with Crippen LogP contribution in [0.4, 0.5) is 5.69 Å². The molecule has 0 saturated carbocycles. The second kappa shape index (κ2) is 7.64. The van der Waals surface area contributed by atoms with E-state index in [0.29, 0.717) is 11.4 Å². The van der Waals surface area contributed by atoms with Crippen LogP contribution in [0.15, 0.2) is 24.3 Å². The molecule has 4 N–H and O–H groups in total. The highest BCUT2D eigenvalue weighted by atomic mass is 16.5. The first-order chi connectivity index (χ1) is 10.2. The third-order valence-electron chi connectivity index (χ3n) is 3.38. The minimum Gasteiger partial charge on any atom is -0.491 e. The molecule has 21 heavy (non-hydrogen) atoms. The highest BCUT2D eigenvalue weighted by Gasteiger charge is 2.21. The number of hydrogen-bond acceptors (Lipinski definition) is 4. The number of anilines is 1. The molecule has 0 bridgehead atoms. The van der Waals surface area contributed by atoms with Crippen molar-refractivity contribution in [2.75, 3.05) is 18.5 Å². The van der Waals surface area contributed by atoms with Crippen LogP contribution in [-0.2, 0) is 9.59 Å². The van der Waals surface area contributed by atoms with Gasteiger partial charge >= 0.3 is 0 Å². The SMILES string of the molecule is NC(=O)CCOc1ccccc1NC(=O)[C@@H]1CCCCN1. The molecule has 1 heterocycles. The summed E-state index contributed by atoms with van der Waals surface area (Å²) in [6, 6.07) is 7.02. The lowest BCUT2D eigenvalue weighted by Gasteiger charge is -2.23. The molecular formula is C15H21N3O3. The van der Waals surface area contributed by atoms with Crippen molar-refractivity contribution in [2.24, 2.45) is 5.73 Å². The molecule has 0 unspecified atom stereocenters. The Hall–Kier alpha value is -2.08. The Morgan fingerprint density at radius 3 is 2.86 bits per heavy atom. The Morgan fingerprint density at radius 1 is 1.33 bits per heavy atom. The molecule has 1 atom stereocenters. The molecule has 1 saturated heterocycles. The Labute approximate surface area is 124 Å². The van der Waals surface area contributed by atoms with E-state index in [-0.39, 0.29) is 25.0 Å². The summed E-state index contributed by atoms with van der Waals surface area (Å²) in [6.07, 6.45) is 3.15. The van der Waals surface area contributed by atoms with E-state index in [9.17, 15) is 9.59 Å². The zero-order valence-corrected chi connectivity index (χ0v) is 11.9. The number of nitrogens with one attached hydrogen (secondary N) is 2. The Kier molecular flexibility index (Phi) is 5.57. The summed E-state index contributed by atoms with van der Waals surface area (Å²) in [5.74, 6) is 0.0754. The summed E-state index contributed by atoms with van der Waals surface area (Å²) in [6.45, 7) is 1.07. The van der Waals surface area contributed by atoms with Crippen LogP contribution in [0.2, 0.25) is 0 Å². The monoisotopic (exact) mass is 291 g/mol. The quantitative estimate of drug-likeness (QED) is 0.729. The van der Waals surface area contributed by atoms with Crippen molar-refractivity contribution >= 4 is 17.5 Å². The zero-order chi connectivity index (χ0) is 15.1. The van der Waals surface area contributed by atoms with Gasteiger partial charge in [-0.25, -0.2) is 0 Å². The van der Waals surface area contributed by atoms with Crippen LogP contribution in [0.5, 0.6) is 5.75 Å². The van der Waals surface area contributed by atoms with Gasteiger partial charge in [-0.05, 0) is 31.5 Å². The number of benzene rings is 1. The maximum atomic E-state index is 12.2. The van der Waals surface area contributed by atoms with Gasteiger partial charge in [-0.15, -0.1) is 0 Å². The van der Waals surface area contributed by atoms with Gasteiger partial charge in [0.2, 0.25) is 11.8 Å². The predicted molar refractivity (Wildman–Crippen MR) is 80.0 cm³/mol. The number of amides is 2. The second-order valence-corrected chi connectivity index (χ2v) is 5.05. The number of rotatable bonds is 6.